The maximum Gasteiger partial charge on any atom is 0.161 e. The predicted octanol–water partition coefficient (Wildman–Crippen LogP) is 4.15. The van der Waals surface area contributed by atoms with Crippen LogP contribution in [0.15, 0.2) is 16.6 Å². The number of phenolic OH excluding ortho intramolecular Hbond substituents is 1. The van der Waals surface area contributed by atoms with E-state index in [1.54, 1.807) is 0 Å². The lowest BCUT2D eigenvalue weighted by Gasteiger charge is -2.12. The van der Waals surface area contributed by atoms with Gasteiger partial charge < -0.3 is 10.4 Å². The number of hydrogen-bond acceptors (Lipinski definition) is 4. The van der Waals surface area contributed by atoms with Gasteiger partial charge in [-0.15, -0.1) is 0 Å². The summed E-state index contributed by atoms with van der Waals surface area (Å²) in [5.41, 5.74) is 3.70. The van der Waals surface area contributed by atoms with Crippen molar-refractivity contribution in [3.05, 3.63) is 33.4 Å². The molecule has 0 aliphatic heterocycles. The number of benzene rings is 1. The minimum atomic E-state index is 0.340. The normalized spacial score (nSPS) is 14.3. The maximum atomic E-state index is 9.91. The molecule has 1 saturated carbocycles. The quantitative estimate of drug-likeness (QED) is 0.875. The fourth-order valence-electron chi connectivity index (χ4n) is 2.47. The minimum absolute atomic E-state index is 0.340. The Balaban J connectivity index is 2.16. The van der Waals surface area contributed by atoms with Gasteiger partial charge in [0.1, 0.15) is 11.6 Å². The summed E-state index contributed by atoms with van der Waals surface area (Å²) in [6, 6.07) is 3.86. The summed E-state index contributed by atoms with van der Waals surface area (Å²) >= 11 is 3.60. The van der Waals surface area contributed by atoms with Crippen molar-refractivity contribution in [1.29, 1.82) is 0 Å². The van der Waals surface area contributed by atoms with Gasteiger partial charge in [-0.25, -0.2) is 9.97 Å². The van der Waals surface area contributed by atoms with Crippen LogP contribution in [0.5, 0.6) is 5.75 Å². The van der Waals surface area contributed by atoms with Crippen LogP contribution in [0.2, 0.25) is 0 Å². The van der Waals surface area contributed by atoms with E-state index >= 15 is 0 Å². The van der Waals surface area contributed by atoms with Crippen molar-refractivity contribution in [2.75, 3.05) is 12.4 Å². The first-order valence-corrected chi connectivity index (χ1v) is 7.86. The maximum absolute atomic E-state index is 9.91. The zero-order valence-electron chi connectivity index (χ0n) is 12.4. The number of rotatable bonds is 3. The topological polar surface area (TPSA) is 58.0 Å². The van der Waals surface area contributed by atoms with Gasteiger partial charge in [0, 0.05) is 18.5 Å². The first-order valence-electron chi connectivity index (χ1n) is 7.07. The molecule has 110 valence electrons. The molecule has 3 rings (SSSR count). The van der Waals surface area contributed by atoms with Crippen LogP contribution in [-0.4, -0.2) is 22.1 Å². The van der Waals surface area contributed by atoms with Gasteiger partial charge in [0.25, 0.3) is 0 Å². The zero-order chi connectivity index (χ0) is 15.1. The highest BCUT2D eigenvalue weighted by Crippen LogP contribution is 2.44. The Kier molecular flexibility index (Phi) is 3.61. The van der Waals surface area contributed by atoms with Crippen LogP contribution in [-0.2, 0) is 0 Å². The third-order valence-corrected chi connectivity index (χ3v) is 4.61. The summed E-state index contributed by atoms with van der Waals surface area (Å²) in [5, 5.41) is 13.0. The molecule has 0 saturated heterocycles. The third-order valence-electron chi connectivity index (χ3n) is 3.83. The zero-order valence-corrected chi connectivity index (χ0v) is 14.0. The highest BCUT2D eigenvalue weighted by molar-refractivity contribution is 9.10. The van der Waals surface area contributed by atoms with Gasteiger partial charge in [-0.2, -0.15) is 0 Å². The van der Waals surface area contributed by atoms with Crippen molar-refractivity contribution < 1.29 is 5.11 Å². The van der Waals surface area contributed by atoms with E-state index in [1.165, 1.54) is 12.8 Å². The van der Waals surface area contributed by atoms with Crippen molar-refractivity contribution in [3.8, 4) is 17.1 Å². The van der Waals surface area contributed by atoms with Gasteiger partial charge in [-0.3, -0.25) is 0 Å². The molecule has 0 unspecified atom stereocenters. The van der Waals surface area contributed by atoms with Crippen molar-refractivity contribution in [2.45, 2.75) is 32.6 Å². The molecule has 1 aliphatic carbocycles. The van der Waals surface area contributed by atoms with Crippen LogP contribution >= 0.6 is 15.9 Å². The molecule has 1 heterocycles. The molecule has 1 aromatic heterocycles. The molecule has 2 N–H and O–H groups in total. The molecule has 2 aromatic rings. The average molecular weight is 348 g/mol. The molecular weight excluding hydrogens is 330 g/mol. The third kappa shape index (κ3) is 2.62. The highest BCUT2D eigenvalue weighted by atomic mass is 79.9. The minimum Gasteiger partial charge on any atom is -0.507 e. The van der Waals surface area contributed by atoms with Crippen LogP contribution < -0.4 is 5.32 Å². The van der Waals surface area contributed by atoms with E-state index in [2.05, 4.69) is 26.2 Å². The second kappa shape index (κ2) is 5.30. The molecule has 5 heteroatoms. The standard InChI is InChI=1S/C16H18BrN3O/c1-8-6-11(7-9(2)14(8)21)15-19-13(10-4-5-10)12(17)16(18-3)20-15/h6-7,10,21H,4-5H2,1-3H3,(H,18,19,20). The molecule has 1 aromatic carbocycles. The van der Waals surface area contributed by atoms with Crippen LogP contribution in [0.3, 0.4) is 0 Å². The van der Waals surface area contributed by atoms with Crippen LogP contribution in [0.25, 0.3) is 11.4 Å². The van der Waals surface area contributed by atoms with Crippen LogP contribution in [0.4, 0.5) is 5.82 Å². The molecule has 21 heavy (non-hydrogen) atoms. The van der Waals surface area contributed by atoms with Crippen molar-refractivity contribution in [1.82, 2.24) is 9.97 Å². The lowest BCUT2D eigenvalue weighted by molar-refractivity contribution is 0.467. The fourth-order valence-corrected chi connectivity index (χ4v) is 3.17. The number of anilines is 1. The van der Waals surface area contributed by atoms with E-state index in [4.69, 9.17) is 4.98 Å². The van der Waals surface area contributed by atoms with Gasteiger partial charge in [-0.05, 0) is 65.9 Å². The summed E-state index contributed by atoms with van der Waals surface area (Å²) in [6.45, 7) is 3.79. The average Bonchev–Trinajstić information content (AvgIpc) is 3.29. The van der Waals surface area contributed by atoms with Gasteiger partial charge in [0.15, 0.2) is 5.82 Å². The number of nitrogens with one attached hydrogen (secondary N) is 1. The van der Waals surface area contributed by atoms with E-state index < -0.39 is 0 Å². The highest BCUT2D eigenvalue weighted by Gasteiger charge is 2.29. The smallest absolute Gasteiger partial charge is 0.161 e. The number of phenols is 1. The summed E-state index contributed by atoms with van der Waals surface area (Å²) in [5.74, 6) is 2.39. The molecule has 1 fully saturated rings. The summed E-state index contributed by atoms with van der Waals surface area (Å²) in [6.07, 6.45) is 2.37. The van der Waals surface area contributed by atoms with E-state index in [0.29, 0.717) is 17.5 Å². The SMILES string of the molecule is CNc1nc(-c2cc(C)c(O)c(C)c2)nc(C2CC2)c1Br. The number of nitrogens with zero attached hydrogens (tertiary/aromatic N) is 2. The van der Waals surface area contributed by atoms with Crippen LogP contribution in [0.1, 0.15) is 35.6 Å². The van der Waals surface area contributed by atoms with Crippen molar-refractivity contribution in [3.63, 3.8) is 0 Å². The van der Waals surface area contributed by atoms with Gasteiger partial charge in [0.2, 0.25) is 0 Å². The van der Waals surface area contributed by atoms with E-state index in [-0.39, 0.29) is 0 Å². The Bertz CT molecular complexity index is 688. The second-order valence-electron chi connectivity index (χ2n) is 5.58. The lowest BCUT2D eigenvalue weighted by Crippen LogP contribution is -2.03. The Morgan fingerprint density at radius 3 is 2.33 bits per heavy atom. The Morgan fingerprint density at radius 1 is 1.19 bits per heavy atom. The van der Waals surface area contributed by atoms with Gasteiger partial charge in [-0.1, -0.05) is 0 Å². The molecule has 0 radical (unpaired) electrons. The van der Waals surface area contributed by atoms with Gasteiger partial charge in [0.05, 0.1) is 10.2 Å². The first-order chi connectivity index (χ1) is 10.0. The monoisotopic (exact) mass is 347 g/mol. The number of aromatic hydroxyl groups is 1. The summed E-state index contributed by atoms with van der Waals surface area (Å²) < 4.78 is 0.962. The largest absolute Gasteiger partial charge is 0.507 e. The van der Waals surface area contributed by atoms with Crippen LogP contribution in [0, 0.1) is 13.8 Å². The second-order valence-corrected chi connectivity index (χ2v) is 6.37. The Hall–Kier alpha value is -1.62. The number of aryl methyl sites for hydroxylation is 2. The number of halogens is 1. The summed E-state index contributed by atoms with van der Waals surface area (Å²) in [7, 11) is 1.86. The van der Waals surface area contributed by atoms with E-state index in [0.717, 1.165) is 32.7 Å². The molecule has 4 nitrogen and oxygen atoms in total. The summed E-state index contributed by atoms with van der Waals surface area (Å²) in [4.78, 5) is 9.34. The predicted molar refractivity (Wildman–Crippen MR) is 87.8 cm³/mol. The molecule has 1 aliphatic rings. The van der Waals surface area contributed by atoms with E-state index in [9.17, 15) is 5.11 Å². The molecule has 0 amide bonds. The van der Waals surface area contributed by atoms with E-state index in [1.807, 2.05) is 33.0 Å². The fraction of sp³-hybridized carbons (Fsp3) is 0.375. The van der Waals surface area contributed by atoms with Gasteiger partial charge >= 0.3 is 0 Å². The number of aromatic nitrogens is 2. The Labute approximate surface area is 132 Å². The number of hydrogen-bond donors (Lipinski definition) is 2. The van der Waals surface area contributed by atoms with Crippen molar-refractivity contribution >= 4 is 21.7 Å². The molecular formula is C16H18BrN3O. The molecule has 0 bridgehead atoms. The first kappa shape index (κ1) is 14.3. The molecule has 0 spiro atoms. The molecule has 0 atom stereocenters. The Morgan fingerprint density at radius 2 is 1.81 bits per heavy atom. The lowest BCUT2D eigenvalue weighted by atomic mass is 10.1. The van der Waals surface area contributed by atoms with Crippen molar-refractivity contribution in [2.24, 2.45) is 0 Å².